The summed E-state index contributed by atoms with van der Waals surface area (Å²) in [7, 11) is 1.83. The number of nitrogens with zero attached hydrogens (tertiary/aromatic N) is 1. The Morgan fingerprint density at radius 1 is 1.52 bits per heavy atom. The van der Waals surface area contributed by atoms with Crippen molar-refractivity contribution in [3.8, 4) is 0 Å². The zero-order valence-electron chi connectivity index (χ0n) is 11.9. The highest BCUT2D eigenvalue weighted by molar-refractivity contribution is 9.10. The number of hydrogen-bond acceptors (Lipinski definition) is 4. The Kier molecular flexibility index (Phi) is 3.94. The van der Waals surface area contributed by atoms with Gasteiger partial charge in [-0.05, 0) is 25.5 Å². The van der Waals surface area contributed by atoms with E-state index in [9.17, 15) is 4.79 Å². The lowest BCUT2D eigenvalue weighted by atomic mass is 10.1. The fraction of sp³-hybridized carbons (Fsp3) is 0.400. The van der Waals surface area contributed by atoms with Crippen LogP contribution >= 0.6 is 27.3 Å². The van der Waals surface area contributed by atoms with Crippen molar-refractivity contribution >= 4 is 48.9 Å². The lowest BCUT2D eigenvalue weighted by Crippen LogP contribution is -2.40. The number of thiophene rings is 1. The first-order chi connectivity index (χ1) is 10.0. The van der Waals surface area contributed by atoms with Crippen LogP contribution in [-0.2, 0) is 4.74 Å². The highest BCUT2D eigenvalue weighted by atomic mass is 79.9. The smallest absolute Gasteiger partial charge is 0.266 e. The van der Waals surface area contributed by atoms with Crippen LogP contribution in [0.15, 0.2) is 22.7 Å². The van der Waals surface area contributed by atoms with E-state index in [2.05, 4.69) is 15.9 Å². The highest BCUT2D eigenvalue weighted by Gasteiger charge is 2.32. The molecule has 2 aromatic rings. The largest absolute Gasteiger partial charge is 0.397 e. The van der Waals surface area contributed by atoms with E-state index in [4.69, 9.17) is 10.5 Å². The summed E-state index contributed by atoms with van der Waals surface area (Å²) in [6.07, 6.45) is 0.944. The van der Waals surface area contributed by atoms with Crippen LogP contribution in [-0.4, -0.2) is 36.6 Å². The molecule has 1 saturated heterocycles. The highest BCUT2D eigenvalue weighted by Crippen LogP contribution is 2.39. The van der Waals surface area contributed by atoms with Gasteiger partial charge in [0.05, 0.1) is 17.8 Å². The number of nitrogens with two attached hydrogens (primary N) is 1. The second-order valence-corrected chi connectivity index (χ2v) is 7.21. The molecular formula is C15H17BrN2O2S. The molecule has 1 aliphatic rings. The van der Waals surface area contributed by atoms with Gasteiger partial charge in [-0.1, -0.05) is 22.0 Å². The number of carbonyl (C=O) groups excluding carboxylic acids is 1. The number of amides is 1. The van der Waals surface area contributed by atoms with Crippen LogP contribution in [0.25, 0.3) is 10.1 Å². The number of nitrogen functional groups attached to an aromatic ring is 1. The van der Waals surface area contributed by atoms with Gasteiger partial charge in [0.25, 0.3) is 5.91 Å². The van der Waals surface area contributed by atoms with Crippen molar-refractivity contribution in [2.24, 2.45) is 0 Å². The van der Waals surface area contributed by atoms with E-state index >= 15 is 0 Å². The van der Waals surface area contributed by atoms with Gasteiger partial charge in [0.2, 0.25) is 0 Å². The summed E-state index contributed by atoms with van der Waals surface area (Å²) in [6, 6.07) is 5.99. The van der Waals surface area contributed by atoms with E-state index < -0.39 is 0 Å². The van der Waals surface area contributed by atoms with E-state index in [-0.39, 0.29) is 18.1 Å². The average Bonchev–Trinajstić information content (AvgIpc) is 3.02. The molecule has 112 valence electrons. The molecule has 2 heterocycles. The fourth-order valence-electron chi connectivity index (χ4n) is 2.83. The summed E-state index contributed by atoms with van der Waals surface area (Å²) in [5.74, 6) is -0.0250. The number of rotatable bonds is 2. The zero-order chi connectivity index (χ0) is 15.1. The number of benzene rings is 1. The molecule has 0 radical (unpaired) electrons. The third-order valence-corrected chi connectivity index (χ3v) is 5.87. The first-order valence-corrected chi connectivity index (χ1v) is 8.47. The summed E-state index contributed by atoms with van der Waals surface area (Å²) >= 11 is 4.95. The molecule has 1 aromatic carbocycles. The summed E-state index contributed by atoms with van der Waals surface area (Å²) in [4.78, 5) is 15.1. The van der Waals surface area contributed by atoms with Gasteiger partial charge in [-0.3, -0.25) is 4.79 Å². The van der Waals surface area contributed by atoms with Crippen molar-refractivity contribution in [1.29, 1.82) is 0 Å². The lowest BCUT2D eigenvalue weighted by Gasteiger charge is -2.26. The SMILES string of the molecule is CC1OCCC1N(C)C(=O)c1sc2cccc(Br)c2c1N. The molecule has 4 nitrogen and oxygen atoms in total. The van der Waals surface area contributed by atoms with Gasteiger partial charge in [0.1, 0.15) is 4.88 Å². The first kappa shape index (κ1) is 14.8. The molecule has 2 atom stereocenters. The summed E-state index contributed by atoms with van der Waals surface area (Å²) < 4.78 is 7.50. The Labute approximate surface area is 136 Å². The molecule has 1 aromatic heterocycles. The van der Waals surface area contributed by atoms with Crippen molar-refractivity contribution < 1.29 is 9.53 Å². The van der Waals surface area contributed by atoms with Crippen LogP contribution in [0.2, 0.25) is 0 Å². The Morgan fingerprint density at radius 3 is 2.90 bits per heavy atom. The summed E-state index contributed by atoms with van der Waals surface area (Å²) in [6.45, 7) is 2.71. The molecule has 1 amide bonds. The van der Waals surface area contributed by atoms with Gasteiger partial charge in [-0.25, -0.2) is 0 Å². The second-order valence-electron chi connectivity index (χ2n) is 5.31. The minimum atomic E-state index is -0.0250. The molecule has 6 heteroatoms. The van der Waals surface area contributed by atoms with Crippen LogP contribution in [0.3, 0.4) is 0 Å². The van der Waals surface area contributed by atoms with Crippen molar-refractivity contribution in [3.63, 3.8) is 0 Å². The number of likely N-dealkylation sites (N-methyl/N-ethyl adjacent to an activating group) is 1. The van der Waals surface area contributed by atoms with Crippen molar-refractivity contribution in [2.45, 2.75) is 25.5 Å². The molecular weight excluding hydrogens is 352 g/mol. The Morgan fingerprint density at radius 2 is 2.29 bits per heavy atom. The van der Waals surface area contributed by atoms with Gasteiger partial charge in [-0.15, -0.1) is 11.3 Å². The van der Waals surface area contributed by atoms with Crippen LogP contribution in [0.1, 0.15) is 23.0 Å². The minimum Gasteiger partial charge on any atom is -0.397 e. The molecule has 1 fully saturated rings. The van der Waals surface area contributed by atoms with Crippen molar-refractivity contribution in [3.05, 3.63) is 27.5 Å². The number of anilines is 1. The van der Waals surface area contributed by atoms with Crippen molar-refractivity contribution in [1.82, 2.24) is 4.90 Å². The third-order valence-electron chi connectivity index (χ3n) is 4.05. The topological polar surface area (TPSA) is 55.6 Å². The third kappa shape index (κ3) is 2.45. The van der Waals surface area contributed by atoms with Gasteiger partial charge in [-0.2, -0.15) is 0 Å². The Hall–Kier alpha value is -1.11. The number of fused-ring (bicyclic) bond motifs is 1. The monoisotopic (exact) mass is 368 g/mol. The van der Waals surface area contributed by atoms with E-state index in [0.717, 1.165) is 21.0 Å². The van der Waals surface area contributed by atoms with E-state index in [1.54, 1.807) is 4.90 Å². The standard InChI is InChI=1S/C15H17BrN2O2S/c1-8-10(6-7-20-8)18(2)15(19)14-13(17)12-9(16)4-3-5-11(12)21-14/h3-5,8,10H,6-7,17H2,1-2H3. The van der Waals surface area contributed by atoms with Crippen molar-refractivity contribution in [2.75, 3.05) is 19.4 Å². The molecule has 0 spiro atoms. The fourth-order valence-corrected chi connectivity index (χ4v) is 4.67. The molecule has 0 aliphatic carbocycles. The van der Waals surface area contributed by atoms with Crippen LogP contribution < -0.4 is 5.73 Å². The predicted octanol–water partition coefficient (Wildman–Crippen LogP) is 3.50. The molecule has 0 saturated carbocycles. The number of ether oxygens (including phenoxy) is 1. The maximum atomic E-state index is 12.8. The molecule has 1 aliphatic heterocycles. The molecule has 3 rings (SSSR count). The lowest BCUT2D eigenvalue weighted by molar-refractivity contribution is 0.0579. The quantitative estimate of drug-likeness (QED) is 0.882. The zero-order valence-corrected chi connectivity index (χ0v) is 14.3. The van der Waals surface area contributed by atoms with E-state index in [1.807, 2.05) is 32.2 Å². The summed E-state index contributed by atoms with van der Waals surface area (Å²) in [5, 5.41) is 0.926. The van der Waals surface area contributed by atoms with Crippen LogP contribution in [0.5, 0.6) is 0 Å². The maximum Gasteiger partial charge on any atom is 0.266 e. The van der Waals surface area contributed by atoms with Gasteiger partial charge < -0.3 is 15.4 Å². The molecule has 21 heavy (non-hydrogen) atoms. The van der Waals surface area contributed by atoms with E-state index in [1.165, 1.54) is 11.3 Å². The van der Waals surface area contributed by atoms with Gasteiger partial charge in [0.15, 0.2) is 0 Å². The number of hydrogen-bond donors (Lipinski definition) is 1. The normalized spacial score (nSPS) is 21.9. The van der Waals surface area contributed by atoms with Crippen LogP contribution in [0.4, 0.5) is 5.69 Å². The average molecular weight is 369 g/mol. The van der Waals surface area contributed by atoms with Gasteiger partial charge >= 0.3 is 0 Å². The van der Waals surface area contributed by atoms with Gasteiger partial charge in [0, 0.05) is 28.2 Å². The van der Waals surface area contributed by atoms with Crippen LogP contribution in [0, 0.1) is 0 Å². The van der Waals surface area contributed by atoms with E-state index in [0.29, 0.717) is 17.2 Å². The molecule has 0 bridgehead atoms. The Balaban J connectivity index is 1.98. The Bertz CT molecular complexity index is 700. The molecule has 2 N–H and O–H groups in total. The number of halogens is 1. The minimum absolute atomic E-state index is 0.0250. The second kappa shape index (κ2) is 5.59. The first-order valence-electron chi connectivity index (χ1n) is 6.86. The maximum absolute atomic E-state index is 12.8. The predicted molar refractivity (Wildman–Crippen MR) is 89.8 cm³/mol. The number of carbonyl (C=O) groups is 1. The molecule has 2 unspecified atom stereocenters. The summed E-state index contributed by atoms with van der Waals surface area (Å²) in [5.41, 5.74) is 6.77.